The first-order valence-corrected chi connectivity index (χ1v) is 6.55. The van der Waals surface area contributed by atoms with E-state index in [4.69, 9.17) is 10.5 Å². The molecule has 0 spiro atoms. The summed E-state index contributed by atoms with van der Waals surface area (Å²) in [5.41, 5.74) is 6.48. The van der Waals surface area contributed by atoms with Gasteiger partial charge in [-0.1, -0.05) is 18.2 Å². The summed E-state index contributed by atoms with van der Waals surface area (Å²) in [4.78, 5) is 25.7. The van der Waals surface area contributed by atoms with Crippen molar-refractivity contribution in [3.8, 4) is 0 Å². The van der Waals surface area contributed by atoms with Gasteiger partial charge in [-0.15, -0.1) is 0 Å². The van der Waals surface area contributed by atoms with Gasteiger partial charge in [-0.25, -0.2) is 0 Å². The Morgan fingerprint density at radius 2 is 2.20 bits per heavy atom. The van der Waals surface area contributed by atoms with E-state index in [9.17, 15) is 9.59 Å². The molecule has 0 saturated carbocycles. The van der Waals surface area contributed by atoms with Crippen molar-refractivity contribution in [3.63, 3.8) is 0 Å². The van der Waals surface area contributed by atoms with Crippen molar-refractivity contribution >= 4 is 17.5 Å². The summed E-state index contributed by atoms with van der Waals surface area (Å²) in [6, 6.07) is 8.14. The molecule has 2 unspecified atom stereocenters. The number of methoxy groups -OCH3 is 1. The Bertz CT molecular complexity index is 478. The molecular formula is C14H19N3O3. The minimum Gasteiger partial charge on any atom is -0.383 e. The second kappa shape index (κ2) is 6.49. The molecule has 20 heavy (non-hydrogen) atoms. The molecule has 1 heterocycles. The molecule has 3 N–H and O–H groups in total. The number of hydrogen-bond donors (Lipinski definition) is 2. The lowest BCUT2D eigenvalue weighted by atomic mass is 10.2. The predicted molar refractivity (Wildman–Crippen MR) is 75.2 cm³/mol. The van der Waals surface area contributed by atoms with E-state index in [-0.39, 0.29) is 18.4 Å². The third-order valence-corrected chi connectivity index (χ3v) is 3.27. The van der Waals surface area contributed by atoms with Gasteiger partial charge in [0.1, 0.15) is 12.1 Å². The molecule has 6 nitrogen and oxygen atoms in total. The van der Waals surface area contributed by atoms with Gasteiger partial charge in [0.05, 0.1) is 6.61 Å². The third kappa shape index (κ3) is 3.15. The van der Waals surface area contributed by atoms with E-state index in [0.717, 1.165) is 5.69 Å². The second-order valence-electron chi connectivity index (χ2n) is 4.74. The summed E-state index contributed by atoms with van der Waals surface area (Å²) in [5, 5.41) is 2.68. The van der Waals surface area contributed by atoms with Gasteiger partial charge in [-0.3, -0.25) is 9.59 Å². The number of amides is 2. The van der Waals surface area contributed by atoms with Crippen molar-refractivity contribution in [2.45, 2.75) is 18.5 Å². The molecule has 2 rings (SSSR count). The Labute approximate surface area is 117 Å². The number of rotatable bonds is 5. The van der Waals surface area contributed by atoms with Gasteiger partial charge in [0, 0.05) is 19.3 Å². The number of para-hydroxylation sites is 1. The first-order chi connectivity index (χ1) is 9.63. The number of benzene rings is 1. The number of anilines is 1. The molecular weight excluding hydrogens is 258 g/mol. The molecule has 0 aromatic heterocycles. The Balaban J connectivity index is 1.96. The van der Waals surface area contributed by atoms with Crippen LogP contribution in [0.15, 0.2) is 30.3 Å². The van der Waals surface area contributed by atoms with Gasteiger partial charge in [0.15, 0.2) is 0 Å². The van der Waals surface area contributed by atoms with E-state index in [2.05, 4.69) is 5.32 Å². The normalized spacial score (nSPS) is 20.0. The Kier molecular flexibility index (Phi) is 4.70. The standard InChI is InChI=1S/C14H19N3O3/c1-20-9-11(15)13(18)16-12-7-8-17(14(12)19)10-5-3-2-4-6-10/h2-6,11-12H,7-9,15H2,1H3,(H,16,18). The highest BCUT2D eigenvalue weighted by molar-refractivity contribution is 6.01. The number of carbonyl (C=O) groups is 2. The minimum atomic E-state index is -0.751. The first-order valence-electron chi connectivity index (χ1n) is 6.55. The van der Waals surface area contributed by atoms with Crippen molar-refractivity contribution in [2.24, 2.45) is 5.73 Å². The molecule has 1 fully saturated rings. The summed E-state index contributed by atoms with van der Waals surface area (Å²) in [6.07, 6.45) is 0.583. The Hall–Kier alpha value is -1.92. The van der Waals surface area contributed by atoms with E-state index in [1.807, 2.05) is 30.3 Å². The molecule has 1 saturated heterocycles. The lowest BCUT2D eigenvalue weighted by Gasteiger charge is -2.18. The Morgan fingerprint density at radius 1 is 1.50 bits per heavy atom. The maximum atomic E-state index is 12.3. The number of carbonyl (C=O) groups excluding carboxylic acids is 2. The lowest BCUT2D eigenvalue weighted by Crippen LogP contribution is -2.49. The maximum Gasteiger partial charge on any atom is 0.249 e. The molecule has 6 heteroatoms. The van der Waals surface area contributed by atoms with Crippen LogP contribution in [0.2, 0.25) is 0 Å². The zero-order chi connectivity index (χ0) is 14.5. The zero-order valence-electron chi connectivity index (χ0n) is 11.4. The van der Waals surface area contributed by atoms with Crippen LogP contribution in [0.1, 0.15) is 6.42 Å². The summed E-state index contributed by atoms with van der Waals surface area (Å²) in [5.74, 6) is -0.464. The van der Waals surface area contributed by atoms with Crippen molar-refractivity contribution in [2.75, 3.05) is 25.2 Å². The number of nitrogens with zero attached hydrogens (tertiary/aromatic N) is 1. The van der Waals surface area contributed by atoms with Gasteiger partial charge in [0.25, 0.3) is 0 Å². The topological polar surface area (TPSA) is 84.7 Å². The molecule has 0 radical (unpaired) electrons. The largest absolute Gasteiger partial charge is 0.383 e. The summed E-state index contributed by atoms with van der Waals surface area (Å²) in [7, 11) is 1.48. The summed E-state index contributed by atoms with van der Waals surface area (Å²) < 4.78 is 4.83. The highest BCUT2D eigenvalue weighted by Gasteiger charge is 2.34. The third-order valence-electron chi connectivity index (χ3n) is 3.27. The van der Waals surface area contributed by atoms with Crippen molar-refractivity contribution < 1.29 is 14.3 Å². The molecule has 108 valence electrons. The van der Waals surface area contributed by atoms with Crippen LogP contribution in [0.4, 0.5) is 5.69 Å². The molecule has 0 bridgehead atoms. The van der Waals surface area contributed by atoms with E-state index in [0.29, 0.717) is 13.0 Å². The zero-order valence-corrected chi connectivity index (χ0v) is 11.4. The Morgan fingerprint density at radius 3 is 2.85 bits per heavy atom. The van der Waals surface area contributed by atoms with Crippen molar-refractivity contribution in [1.29, 1.82) is 0 Å². The average Bonchev–Trinajstić information content (AvgIpc) is 2.81. The van der Waals surface area contributed by atoms with E-state index in [1.165, 1.54) is 7.11 Å². The van der Waals surface area contributed by atoms with Crippen LogP contribution < -0.4 is 16.0 Å². The summed E-state index contributed by atoms with van der Waals surface area (Å²) >= 11 is 0. The number of ether oxygens (including phenoxy) is 1. The predicted octanol–water partition coefficient (Wildman–Crippen LogP) is -0.118. The average molecular weight is 277 g/mol. The van der Waals surface area contributed by atoms with Crippen LogP contribution in [-0.4, -0.2) is 44.2 Å². The quantitative estimate of drug-likeness (QED) is 0.786. The van der Waals surface area contributed by atoms with Crippen LogP contribution in [0, 0.1) is 0 Å². The van der Waals surface area contributed by atoms with Crippen LogP contribution in [0.25, 0.3) is 0 Å². The van der Waals surface area contributed by atoms with E-state index >= 15 is 0 Å². The highest BCUT2D eigenvalue weighted by atomic mass is 16.5. The fourth-order valence-electron chi connectivity index (χ4n) is 2.21. The minimum absolute atomic E-state index is 0.103. The van der Waals surface area contributed by atoms with Gasteiger partial charge in [-0.2, -0.15) is 0 Å². The monoisotopic (exact) mass is 277 g/mol. The molecule has 0 aliphatic carbocycles. The van der Waals surface area contributed by atoms with Crippen molar-refractivity contribution in [3.05, 3.63) is 30.3 Å². The number of hydrogen-bond acceptors (Lipinski definition) is 4. The highest BCUT2D eigenvalue weighted by Crippen LogP contribution is 2.20. The van der Waals surface area contributed by atoms with Crippen LogP contribution in [0.5, 0.6) is 0 Å². The van der Waals surface area contributed by atoms with Gasteiger partial charge < -0.3 is 20.7 Å². The summed E-state index contributed by atoms with van der Waals surface area (Å²) in [6.45, 7) is 0.725. The van der Waals surface area contributed by atoms with Gasteiger partial charge in [-0.05, 0) is 18.6 Å². The molecule has 1 aliphatic heterocycles. The van der Waals surface area contributed by atoms with E-state index in [1.54, 1.807) is 4.90 Å². The fraction of sp³-hybridized carbons (Fsp3) is 0.429. The van der Waals surface area contributed by atoms with Crippen LogP contribution >= 0.6 is 0 Å². The molecule has 1 aromatic carbocycles. The molecule has 1 aliphatic rings. The SMILES string of the molecule is COCC(N)C(=O)NC1CCN(c2ccccc2)C1=O. The smallest absolute Gasteiger partial charge is 0.249 e. The van der Waals surface area contributed by atoms with Gasteiger partial charge in [0.2, 0.25) is 11.8 Å². The second-order valence-corrected chi connectivity index (χ2v) is 4.74. The number of nitrogens with one attached hydrogen (secondary N) is 1. The van der Waals surface area contributed by atoms with Gasteiger partial charge >= 0.3 is 0 Å². The van der Waals surface area contributed by atoms with Crippen molar-refractivity contribution in [1.82, 2.24) is 5.32 Å². The first kappa shape index (κ1) is 14.5. The van der Waals surface area contributed by atoms with Crippen LogP contribution in [-0.2, 0) is 14.3 Å². The number of nitrogens with two attached hydrogens (primary N) is 1. The lowest BCUT2D eigenvalue weighted by molar-refractivity contribution is -0.128. The molecule has 1 aromatic rings. The van der Waals surface area contributed by atoms with E-state index < -0.39 is 12.1 Å². The molecule has 2 amide bonds. The molecule has 2 atom stereocenters. The van der Waals surface area contributed by atoms with Crippen LogP contribution in [0.3, 0.4) is 0 Å². The fourth-order valence-corrected chi connectivity index (χ4v) is 2.21. The maximum absolute atomic E-state index is 12.3.